The van der Waals surface area contributed by atoms with Gasteiger partial charge in [0.25, 0.3) is 0 Å². The Kier molecular flexibility index (Phi) is 4.76. The summed E-state index contributed by atoms with van der Waals surface area (Å²) in [7, 11) is 1.86. The SMILES string of the molecule is CNc1cnc2cc(-c3c(O)cccc3F)c(Cl)cc2c1N1CCNCC1. The zero-order valence-corrected chi connectivity index (χ0v) is 15.6. The van der Waals surface area contributed by atoms with E-state index in [0.29, 0.717) is 16.1 Å². The zero-order valence-electron chi connectivity index (χ0n) is 14.9. The number of phenols is 1. The van der Waals surface area contributed by atoms with Gasteiger partial charge in [-0.05, 0) is 24.3 Å². The summed E-state index contributed by atoms with van der Waals surface area (Å²) in [4.78, 5) is 6.82. The number of piperazine rings is 1. The second-order valence-electron chi connectivity index (χ2n) is 6.49. The Labute approximate surface area is 161 Å². The van der Waals surface area contributed by atoms with Crippen LogP contribution >= 0.6 is 11.6 Å². The van der Waals surface area contributed by atoms with Crippen LogP contribution in [0.1, 0.15) is 0 Å². The summed E-state index contributed by atoms with van der Waals surface area (Å²) in [5.41, 5.74) is 3.17. The molecule has 1 saturated heterocycles. The third kappa shape index (κ3) is 3.15. The summed E-state index contributed by atoms with van der Waals surface area (Å²) < 4.78 is 14.3. The second kappa shape index (κ2) is 7.21. The third-order valence-corrected chi connectivity index (χ3v) is 5.20. The first-order chi connectivity index (χ1) is 13.1. The lowest BCUT2D eigenvalue weighted by atomic mass is 10.0. The molecule has 0 aliphatic carbocycles. The van der Waals surface area contributed by atoms with Gasteiger partial charge in [-0.2, -0.15) is 0 Å². The van der Waals surface area contributed by atoms with E-state index in [9.17, 15) is 9.50 Å². The number of pyridine rings is 1. The van der Waals surface area contributed by atoms with E-state index < -0.39 is 5.82 Å². The van der Waals surface area contributed by atoms with Gasteiger partial charge in [0.05, 0.1) is 28.7 Å². The van der Waals surface area contributed by atoms with E-state index in [1.54, 1.807) is 12.3 Å². The van der Waals surface area contributed by atoms with Crippen LogP contribution in [-0.2, 0) is 0 Å². The Morgan fingerprint density at radius 2 is 2.04 bits per heavy atom. The first-order valence-corrected chi connectivity index (χ1v) is 9.21. The number of nitrogens with zero attached hydrogens (tertiary/aromatic N) is 2. The number of phenolic OH excluding ortho intramolecular Hbond substituents is 1. The molecule has 1 fully saturated rings. The Hall–Kier alpha value is -2.57. The van der Waals surface area contributed by atoms with Crippen molar-refractivity contribution in [3.8, 4) is 16.9 Å². The number of aromatic hydroxyl groups is 1. The van der Waals surface area contributed by atoms with Crippen molar-refractivity contribution >= 4 is 33.9 Å². The molecule has 0 saturated carbocycles. The minimum atomic E-state index is -0.523. The van der Waals surface area contributed by atoms with Gasteiger partial charge in [-0.15, -0.1) is 0 Å². The highest BCUT2D eigenvalue weighted by Crippen LogP contribution is 2.41. The van der Waals surface area contributed by atoms with Gasteiger partial charge < -0.3 is 20.6 Å². The minimum absolute atomic E-state index is 0.0904. The molecule has 2 aromatic carbocycles. The van der Waals surface area contributed by atoms with E-state index in [1.807, 2.05) is 13.1 Å². The quantitative estimate of drug-likeness (QED) is 0.638. The second-order valence-corrected chi connectivity index (χ2v) is 6.90. The molecule has 0 spiro atoms. The van der Waals surface area contributed by atoms with Crippen LogP contribution in [0.5, 0.6) is 5.75 Å². The average molecular weight is 387 g/mol. The summed E-state index contributed by atoms with van der Waals surface area (Å²) in [6.07, 6.45) is 1.78. The van der Waals surface area contributed by atoms with Crippen molar-refractivity contribution in [1.29, 1.82) is 0 Å². The maximum absolute atomic E-state index is 14.3. The maximum atomic E-state index is 14.3. The van der Waals surface area contributed by atoms with Crippen molar-refractivity contribution in [2.45, 2.75) is 0 Å². The lowest BCUT2D eigenvalue weighted by Crippen LogP contribution is -2.43. The molecule has 1 aliphatic heterocycles. The van der Waals surface area contributed by atoms with Crippen molar-refractivity contribution in [3.05, 3.63) is 47.4 Å². The number of benzene rings is 2. The third-order valence-electron chi connectivity index (χ3n) is 4.89. The first-order valence-electron chi connectivity index (χ1n) is 8.83. The van der Waals surface area contributed by atoms with Gasteiger partial charge in [-0.25, -0.2) is 4.39 Å². The number of nitrogens with one attached hydrogen (secondary N) is 2. The molecule has 0 radical (unpaired) electrons. The highest BCUT2D eigenvalue weighted by molar-refractivity contribution is 6.34. The predicted molar refractivity (Wildman–Crippen MR) is 108 cm³/mol. The summed E-state index contributed by atoms with van der Waals surface area (Å²) in [5.74, 6) is -0.671. The molecule has 0 atom stereocenters. The van der Waals surface area contributed by atoms with Gasteiger partial charge in [-0.3, -0.25) is 4.98 Å². The smallest absolute Gasteiger partial charge is 0.134 e. The molecule has 0 bridgehead atoms. The topological polar surface area (TPSA) is 60.4 Å². The molecule has 1 aromatic heterocycles. The van der Waals surface area contributed by atoms with E-state index in [1.165, 1.54) is 18.2 Å². The summed E-state index contributed by atoms with van der Waals surface area (Å²) >= 11 is 6.53. The Bertz CT molecular complexity index is 985. The molecule has 2 heterocycles. The molecule has 3 N–H and O–H groups in total. The number of anilines is 2. The molecule has 5 nitrogen and oxygen atoms in total. The molecule has 0 amide bonds. The summed E-state index contributed by atoms with van der Waals surface area (Å²) in [5, 5.41) is 18.0. The van der Waals surface area contributed by atoms with Gasteiger partial charge in [0.1, 0.15) is 11.6 Å². The van der Waals surface area contributed by atoms with Crippen molar-refractivity contribution < 1.29 is 9.50 Å². The Morgan fingerprint density at radius 1 is 1.26 bits per heavy atom. The molecule has 140 valence electrons. The fourth-order valence-corrected chi connectivity index (χ4v) is 3.84. The van der Waals surface area contributed by atoms with Crippen LogP contribution in [0, 0.1) is 5.82 Å². The fraction of sp³-hybridized carbons (Fsp3) is 0.250. The lowest BCUT2D eigenvalue weighted by Gasteiger charge is -2.32. The molecule has 0 unspecified atom stereocenters. The van der Waals surface area contributed by atoms with Crippen molar-refractivity contribution in [1.82, 2.24) is 10.3 Å². The largest absolute Gasteiger partial charge is 0.507 e. The molecule has 1 aliphatic rings. The molecule has 3 aromatic rings. The number of rotatable bonds is 3. The predicted octanol–water partition coefficient (Wildman–Crippen LogP) is 3.85. The van der Waals surface area contributed by atoms with Crippen molar-refractivity contribution in [2.24, 2.45) is 0 Å². The fourth-order valence-electron chi connectivity index (χ4n) is 3.58. The Morgan fingerprint density at radius 3 is 2.74 bits per heavy atom. The standard InChI is InChI=1S/C20H20ClFN4O/c1-23-17-11-25-16-10-12(19-15(22)3-2-4-18(19)27)14(21)9-13(16)20(17)26-7-5-24-6-8-26/h2-4,9-11,23-24,27H,5-8H2,1H3. The minimum Gasteiger partial charge on any atom is -0.507 e. The highest BCUT2D eigenvalue weighted by Gasteiger charge is 2.21. The molecule has 7 heteroatoms. The van der Waals surface area contributed by atoms with Crippen LogP contribution in [0.2, 0.25) is 5.02 Å². The van der Waals surface area contributed by atoms with Gasteiger partial charge in [0.2, 0.25) is 0 Å². The molecule has 27 heavy (non-hydrogen) atoms. The van der Waals surface area contributed by atoms with Gasteiger partial charge in [0.15, 0.2) is 0 Å². The normalized spacial score (nSPS) is 14.6. The monoisotopic (exact) mass is 386 g/mol. The van der Waals surface area contributed by atoms with Crippen LogP contribution in [-0.4, -0.2) is 43.3 Å². The van der Waals surface area contributed by atoms with E-state index in [2.05, 4.69) is 20.5 Å². The van der Waals surface area contributed by atoms with Crippen LogP contribution < -0.4 is 15.5 Å². The van der Waals surface area contributed by atoms with E-state index in [4.69, 9.17) is 11.6 Å². The van der Waals surface area contributed by atoms with Crippen LogP contribution in [0.15, 0.2) is 36.5 Å². The highest BCUT2D eigenvalue weighted by atomic mass is 35.5. The zero-order chi connectivity index (χ0) is 19.0. The van der Waals surface area contributed by atoms with E-state index in [0.717, 1.165) is 42.9 Å². The maximum Gasteiger partial charge on any atom is 0.134 e. The van der Waals surface area contributed by atoms with Crippen LogP contribution in [0.25, 0.3) is 22.0 Å². The van der Waals surface area contributed by atoms with E-state index in [-0.39, 0.29) is 11.3 Å². The summed E-state index contributed by atoms with van der Waals surface area (Å²) in [6.45, 7) is 3.56. The number of halogens is 2. The Balaban J connectivity index is 1.94. The van der Waals surface area contributed by atoms with Crippen molar-refractivity contribution in [3.63, 3.8) is 0 Å². The number of aromatic nitrogens is 1. The number of fused-ring (bicyclic) bond motifs is 1. The van der Waals surface area contributed by atoms with Crippen molar-refractivity contribution in [2.75, 3.05) is 43.4 Å². The average Bonchev–Trinajstić information content (AvgIpc) is 2.68. The molecule has 4 rings (SSSR count). The van der Waals surface area contributed by atoms with Gasteiger partial charge >= 0.3 is 0 Å². The number of hydrogen-bond donors (Lipinski definition) is 3. The van der Waals surface area contributed by atoms with E-state index >= 15 is 0 Å². The lowest BCUT2D eigenvalue weighted by molar-refractivity contribution is 0.472. The van der Waals surface area contributed by atoms with Gasteiger partial charge in [0, 0.05) is 49.2 Å². The van der Waals surface area contributed by atoms with Crippen LogP contribution in [0.4, 0.5) is 15.8 Å². The van der Waals surface area contributed by atoms with Crippen LogP contribution in [0.3, 0.4) is 0 Å². The molecular weight excluding hydrogens is 367 g/mol. The van der Waals surface area contributed by atoms with Gasteiger partial charge in [-0.1, -0.05) is 17.7 Å². The summed E-state index contributed by atoms with van der Waals surface area (Å²) in [6, 6.07) is 7.76. The molecular formula is C20H20ClFN4O. The first kappa shape index (κ1) is 17.8. The number of hydrogen-bond acceptors (Lipinski definition) is 5.